The molecular formula is C15H20O. The van der Waals surface area contributed by atoms with Crippen LogP contribution < -0.4 is 0 Å². The van der Waals surface area contributed by atoms with E-state index in [1.165, 1.54) is 42.4 Å². The van der Waals surface area contributed by atoms with Crippen molar-refractivity contribution < 1.29 is 5.11 Å². The van der Waals surface area contributed by atoms with E-state index in [-0.39, 0.29) is 5.41 Å². The van der Waals surface area contributed by atoms with E-state index in [9.17, 15) is 5.11 Å². The Bertz CT molecular complexity index is 406. The maximum atomic E-state index is 9.58. The minimum absolute atomic E-state index is 0.104. The summed E-state index contributed by atoms with van der Waals surface area (Å²) in [4.78, 5) is 0. The first-order valence-electron chi connectivity index (χ1n) is 6.49. The molecule has 0 spiro atoms. The number of hydrogen-bond acceptors (Lipinski definition) is 1. The molecule has 3 rings (SSSR count). The van der Waals surface area contributed by atoms with Crippen LogP contribution in [0.1, 0.15) is 42.9 Å². The largest absolute Gasteiger partial charge is 0.395 e. The molecule has 0 heterocycles. The maximum absolute atomic E-state index is 9.58. The summed E-state index contributed by atoms with van der Waals surface area (Å²) in [5.41, 5.74) is 4.56. The second kappa shape index (κ2) is 3.59. The first-order valence-corrected chi connectivity index (χ1v) is 6.49. The van der Waals surface area contributed by atoms with Gasteiger partial charge in [0.25, 0.3) is 0 Å². The zero-order valence-electron chi connectivity index (χ0n) is 10.00. The molecule has 1 aromatic rings. The van der Waals surface area contributed by atoms with Gasteiger partial charge in [-0.15, -0.1) is 0 Å². The van der Waals surface area contributed by atoms with E-state index in [0.29, 0.717) is 12.5 Å². The van der Waals surface area contributed by atoms with E-state index in [2.05, 4.69) is 25.1 Å². The average Bonchev–Trinajstić information content (AvgIpc) is 3.01. The lowest BCUT2D eigenvalue weighted by atomic mass is 9.86. The minimum Gasteiger partial charge on any atom is -0.395 e. The zero-order valence-corrected chi connectivity index (χ0v) is 10.00. The van der Waals surface area contributed by atoms with Gasteiger partial charge in [-0.2, -0.15) is 0 Å². The number of hydrogen-bond donors (Lipinski definition) is 1. The van der Waals surface area contributed by atoms with Crippen molar-refractivity contribution in [1.29, 1.82) is 0 Å². The van der Waals surface area contributed by atoms with Crippen LogP contribution in [0.25, 0.3) is 0 Å². The molecule has 1 saturated carbocycles. The molecule has 1 heteroatoms. The summed E-state index contributed by atoms with van der Waals surface area (Å²) >= 11 is 0. The van der Waals surface area contributed by atoms with Crippen molar-refractivity contribution in [2.24, 2.45) is 5.92 Å². The molecule has 2 atom stereocenters. The Labute approximate surface area is 97.5 Å². The molecule has 0 aromatic heterocycles. The highest BCUT2D eigenvalue weighted by molar-refractivity contribution is 5.41. The Morgan fingerprint density at radius 3 is 2.56 bits per heavy atom. The van der Waals surface area contributed by atoms with Gasteiger partial charge in [0.15, 0.2) is 0 Å². The lowest BCUT2D eigenvalue weighted by molar-refractivity contribution is 0.247. The summed E-state index contributed by atoms with van der Waals surface area (Å²) < 4.78 is 0. The van der Waals surface area contributed by atoms with Gasteiger partial charge in [-0.25, -0.2) is 0 Å². The van der Waals surface area contributed by atoms with E-state index in [0.717, 1.165) is 6.42 Å². The van der Waals surface area contributed by atoms with E-state index >= 15 is 0 Å². The van der Waals surface area contributed by atoms with Crippen LogP contribution in [0.4, 0.5) is 0 Å². The van der Waals surface area contributed by atoms with Crippen LogP contribution in [-0.2, 0) is 18.3 Å². The number of aliphatic hydroxyl groups excluding tert-OH is 1. The molecule has 1 aromatic carbocycles. The van der Waals surface area contributed by atoms with E-state index < -0.39 is 0 Å². The van der Waals surface area contributed by atoms with Gasteiger partial charge in [0.1, 0.15) is 0 Å². The number of benzene rings is 1. The normalized spacial score (nSPS) is 32.2. The molecule has 0 saturated heterocycles. The summed E-state index contributed by atoms with van der Waals surface area (Å²) in [6, 6.07) is 6.92. The summed E-state index contributed by atoms with van der Waals surface area (Å²) in [7, 11) is 0. The number of rotatable bonds is 2. The van der Waals surface area contributed by atoms with Crippen LogP contribution in [0, 0.1) is 5.92 Å². The third-order valence-corrected chi connectivity index (χ3v) is 4.66. The van der Waals surface area contributed by atoms with Crippen molar-refractivity contribution in [3.63, 3.8) is 0 Å². The summed E-state index contributed by atoms with van der Waals surface area (Å²) in [6.07, 6.45) is 6.31. The molecule has 0 amide bonds. The Hall–Kier alpha value is -0.820. The standard InChI is InChI=1S/C15H20O/c1-11-9-15(11,10-16)14-7-6-12-4-2-3-5-13(12)8-14/h6-8,11,16H,2-5,9-10H2,1H3. The van der Waals surface area contributed by atoms with Crippen molar-refractivity contribution in [3.05, 3.63) is 34.9 Å². The van der Waals surface area contributed by atoms with Gasteiger partial charge >= 0.3 is 0 Å². The van der Waals surface area contributed by atoms with Gasteiger partial charge in [0, 0.05) is 5.41 Å². The minimum atomic E-state index is 0.104. The molecule has 1 nitrogen and oxygen atoms in total. The third kappa shape index (κ3) is 1.41. The van der Waals surface area contributed by atoms with Crippen molar-refractivity contribution >= 4 is 0 Å². The quantitative estimate of drug-likeness (QED) is 0.806. The second-order valence-corrected chi connectivity index (χ2v) is 5.61. The van der Waals surface area contributed by atoms with Gasteiger partial charge in [-0.05, 0) is 54.7 Å². The molecule has 2 aliphatic carbocycles. The Morgan fingerprint density at radius 1 is 1.25 bits per heavy atom. The molecule has 0 aliphatic heterocycles. The van der Waals surface area contributed by atoms with Gasteiger partial charge in [-0.1, -0.05) is 25.1 Å². The molecule has 2 aliphatic rings. The maximum Gasteiger partial charge on any atom is 0.0530 e. The van der Waals surface area contributed by atoms with Gasteiger partial charge in [-0.3, -0.25) is 0 Å². The molecule has 0 radical (unpaired) electrons. The lowest BCUT2D eigenvalue weighted by Gasteiger charge is -2.20. The van der Waals surface area contributed by atoms with Crippen LogP contribution in [0.3, 0.4) is 0 Å². The Morgan fingerprint density at radius 2 is 1.94 bits per heavy atom. The van der Waals surface area contributed by atoms with Crippen molar-refractivity contribution in [1.82, 2.24) is 0 Å². The van der Waals surface area contributed by atoms with Crippen molar-refractivity contribution in [2.45, 2.75) is 44.4 Å². The van der Waals surface area contributed by atoms with Crippen LogP contribution in [-0.4, -0.2) is 11.7 Å². The molecule has 1 fully saturated rings. The fourth-order valence-corrected chi connectivity index (χ4v) is 3.24. The predicted molar refractivity (Wildman–Crippen MR) is 65.6 cm³/mol. The fourth-order valence-electron chi connectivity index (χ4n) is 3.24. The first kappa shape index (κ1) is 10.3. The fraction of sp³-hybridized carbons (Fsp3) is 0.600. The molecule has 1 N–H and O–H groups in total. The molecule has 2 unspecified atom stereocenters. The SMILES string of the molecule is CC1CC1(CO)c1ccc2c(c1)CCCC2. The molecular weight excluding hydrogens is 196 g/mol. The number of aryl methyl sites for hydroxylation is 2. The van der Waals surface area contributed by atoms with E-state index in [1.54, 1.807) is 0 Å². The van der Waals surface area contributed by atoms with Crippen molar-refractivity contribution in [2.75, 3.05) is 6.61 Å². The van der Waals surface area contributed by atoms with Crippen LogP contribution >= 0.6 is 0 Å². The molecule has 16 heavy (non-hydrogen) atoms. The van der Waals surface area contributed by atoms with E-state index in [1.807, 2.05) is 0 Å². The third-order valence-electron chi connectivity index (χ3n) is 4.66. The summed E-state index contributed by atoms with van der Waals surface area (Å²) in [5, 5.41) is 9.58. The number of fused-ring (bicyclic) bond motifs is 1. The Kier molecular flexibility index (Phi) is 2.32. The van der Waals surface area contributed by atoms with E-state index in [4.69, 9.17) is 0 Å². The van der Waals surface area contributed by atoms with Gasteiger partial charge in [0.2, 0.25) is 0 Å². The predicted octanol–water partition coefficient (Wildman–Crippen LogP) is 2.84. The summed E-state index contributed by atoms with van der Waals surface area (Å²) in [5.74, 6) is 0.652. The zero-order chi connectivity index (χ0) is 11.2. The Balaban J connectivity index is 1.97. The lowest BCUT2D eigenvalue weighted by Crippen LogP contribution is -2.16. The van der Waals surface area contributed by atoms with Gasteiger partial charge < -0.3 is 5.11 Å². The van der Waals surface area contributed by atoms with Crippen LogP contribution in [0.2, 0.25) is 0 Å². The monoisotopic (exact) mass is 216 g/mol. The topological polar surface area (TPSA) is 20.2 Å². The first-order chi connectivity index (χ1) is 7.76. The smallest absolute Gasteiger partial charge is 0.0530 e. The van der Waals surface area contributed by atoms with Gasteiger partial charge in [0.05, 0.1) is 6.61 Å². The second-order valence-electron chi connectivity index (χ2n) is 5.61. The average molecular weight is 216 g/mol. The highest BCUT2D eigenvalue weighted by Crippen LogP contribution is 2.53. The highest BCUT2D eigenvalue weighted by atomic mass is 16.3. The number of aliphatic hydroxyl groups is 1. The summed E-state index contributed by atoms with van der Waals surface area (Å²) in [6.45, 7) is 2.56. The van der Waals surface area contributed by atoms with Crippen molar-refractivity contribution in [3.8, 4) is 0 Å². The molecule has 86 valence electrons. The van der Waals surface area contributed by atoms with Crippen LogP contribution in [0.5, 0.6) is 0 Å². The van der Waals surface area contributed by atoms with Crippen LogP contribution in [0.15, 0.2) is 18.2 Å². The molecule has 0 bridgehead atoms. The highest BCUT2D eigenvalue weighted by Gasteiger charge is 2.51.